The van der Waals surface area contributed by atoms with Crippen LogP contribution >= 0.6 is 11.8 Å². The highest BCUT2D eigenvalue weighted by molar-refractivity contribution is 8.16. The fourth-order valence-corrected chi connectivity index (χ4v) is 5.68. The molecule has 8 nitrogen and oxygen atoms in total. The van der Waals surface area contributed by atoms with E-state index in [1.807, 2.05) is 65.8 Å². The van der Waals surface area contributed by atoms with Gasteiger partial charge in [0.15, 0.2) is 16.7 Å². The lowest BCUT2D eigenvalue weighted by molar-refractivity contribution is -0.136. The quantitative estimate of drug-likeness (QED) is 0.381. The van der Waals surface area contributed by atoms with Crippen LogP contribution in [-0.2, 0) is 20.9 Å². The van der Waals surface area contributed by atoms with E-state index in [1.54, 1.807) is 7.11 Å². The van der Waals surface area contributed by atoms with Crippen molar-refractivity contribution in [2.24, 2.45) is 10.9 Å². The number of ether oxygens (including phenoxy) is 3. The summed E-state index contributed by atoms with van der Waals surface area (Å²) in [5, 5.41) is 5.73. The molecule has 1 aliphatic carbocycles. The summed E-state index contributed by atoms with van der Waals surface area (Å²) in [4.78, 5) is 32.7. The molecule has 1 saturated carbocycles. The zero-order chi connectivity index (χ0) is 27.4. The minimum atomic E-state index is -0.533. The van der Waals surface area contributed by atoms with Crippen molar-refractivity contribution in [3.63, 3.8) is 0 Å². The average molecular weight is 548 g/mol. The average Bonchev–Trinajstić information content (AvgIpc) is 3.73. The van der Waals surface area contributed by atoms with Gasteiger partial charge in [-0.15, -0.1) is 0 Å². The Balaban J connectivity index is 1.47. The normalized spacial score (nSPS) is 18.2. The van der Waals surface area contributed by atoms with Crippen LogP contribution in [0.5, 0.6) is 11.5 Å². The summed E-state index contributed by atoms with van der Waals surface area (Å²) < 4.78 is 17.0. The van der Waals surface area contributed by atoms with Gasteiger partial charge in [0.25, 0.3) is 0 Å². The van der Waals surface area contributed by atoms with E-state index in [4.69, 9.17) is 19.2 Å². The molecule has 204 valence electrons. The third-order valence-corrected chi connectivity index (χ3v) is 7.89. The molecule has 2 aliphatic heterocycles. The van der Waals surface area contributed by atoms with Crippen molar-refractivity contribution < 1.29 is 23.8 Å². The van der Waals surface area contributed by atoms with Crippen LogP contribution in [0.15, 0.2) is 75.9 Å². The number of fused-ring (bicyclic) bond motifs is 1. The van der Waals surface area contributed by atoms with E-state index >= 15 is 0 Å². The van der Waals surface area contributed by atoms with Gasteiger partial charge in [-0.3, -0.25) is 4.79 Å². The summed E-state index contributed by atoms with van der Waals surface area (Å²) in [6, 6.07) is 15.1. The van der Waals surface area contributed by atoms with Crippen LogP contribution < -0.4 is 14.8 Å². The molecule has 2 aromatic rings. The first-order valence-corrected chi connectivity index (χ1v) is 14.1. The molecule has 2 heterocycles. The second kappa shape index (κ2) is 12.0. The van der Waals surface area contributed by atoms with Crippen molar-refractivity contribution >= 4 is 28.8 Å². The zero-order valence-corrected chi connectivity index (χ0v) is 23.3. The molecule has 5 rings (SSSR count). The SMILES string of the molecule is CCC1=C(C(=O)OC)C(c2ccc(OCc3ccccc3)c(OC)c2)N2C(CC(=O)NCC3CC3)=CSC2=N1. The third kappa shape index (κ3) is 5.98. The summed E-state index contributed by atoms with van der Waals surface area (Å²) in [5.41, 5.74) is 3.77. The third-order valence-electron chi connectivity index (χ3n) is 7.00. The molecule has 1 N–H and O–H groups in total. The van der Waals surface area contributed by atoms with E-state index in [2.05, 4.69) is 5.32 Å². The molecule has 1 atom stereocenters. The maximum atomic E-state index is 13.2. The molecule has 1 amide bonds. The summed E-state index contributed by atoms with van der Waals surface area (Å²) in [6.07, 6.45) is 3.10. The highest BCUT2D eigenvalue weighted by Gasteiger charge is 2.41. The molecule has 0 saturated heterocycles. The van der Waals surface area contributed by atoms with Gasteiger partial charge in [-0.05, 0) is 53.8 Å². The number of amides is 1. The largest absolute Gasteiger partial charge is 0.493 e. The van der Waals surface area contributed by atoms with Crippen molar-refractivity contribution in [1.82, 2.24) is 10.2 Å². The summed E-state index contributed by atoms with van der Waals surface area (Å²) >= 11 is 1.46. The zero-order valence-electron chi connectivity index (χ0n) is 22.4. The Morgan fingerprint density at radius 1 is 1.10 bits per heavy atom. The van der Waals surface area contributed by atoms with Crippen molar-refractivity contribution in [2.45, 2.75) is 45.3 Å². The fraction of sp³-hybridized carbons (Fsp3) is 0.367. The van der Waals surface area contributed by atoms with Gasteiger partial charge in [0, 0.05) is 12.2 Å². The second-order valence-corrected chi connectivity index (χ2v) is 10.5. The summed E-state index contributed by atoms with van der Waals surface area (Å²) in [6.45, 7) is 3.07. The van der Waals surface area contributed by atoms with Crippen LogP contribution in [-0.4, -0.2) is 42.7 Å². The van der Waals surface area contributed by atoms with Gasteiger partial charge in [0.2, 0.25) is 5.91 Å². The molecular weight excluding hydrogens is 514 g/mol. The lowest BCUT2D eigenvalue weighted by atomic mass is 9.92. The van der Waals surface area contributed by atoms with Crippen LogP contribution in [0.25, 0.3) is 0 Å². The smallest absolute Gasteiger partial charge is 0.338 e. The number of amidine groups is 1. The number of allylic oxidation sites excluding steroid dienone is 1. The van der Waals surface area contributed by atoms with Crippen molar-refractivity contribution in [2.75, 3.05) is 20.8 Å². The minimum absolute atomic E-state index is 0.0409. The van der Waals surface area contributed by atoms with Crippen LogP contribution in [0, 0.1) is 5.92 Å². The van der Waals surface area contributed by atoms with E-state index in [1.165, 1.54) is 31.7 Å². The minimum Gasteiger partial charge on any atom is -0.493 e. The van der Waals surface area contributed by atoms with Crippen LogP contribution in [0.3, 0.4) is 0 Å². The van der Waals surface area contributed by atoms with E-state index in [9.17, 15) is 9.59 Å². The molecule has 0 aromatic heterocycles. The first-order chi connectivity index (χ1) is 19.0. The Hall–Kier alpha value is -3.72. The Morgan fingerprint density at radius 3 is 2.59 bits per heavy atom. The number of thioether (sulfide) groups is 1. The monoisotopic (exact) mass is 547 g/mol. The number of carbonyl (C=O) groups is 2. The molecular formula is C30H33N3O5S. The first kappa shape index (κ1) is 26.9. The molecule has 9 heteroatoms. The van der Waals surface area contributed by atoms with E-state index in [0.29, 0.717) is 48.3 Å². The summed E-state index contributed by atoms with van der Waals surface area (Å²) in [7, 11) is 2.97. The van der Waals surface area contributed by atoms with Gasteiger partial charge in [0.05, 0.1) is 38.0 Å². The molecule has 0 bridgehead atoms. The number of rotatable bonds is 11. The Kier molecular flexibility index (Phi) is 8.26. The number of hydrogen-bond acceptors (Lipinski definition) is 8. The van der Waals surface area contributed by atoms with Gasteiger partial charge in [-0.1, -0.05) is 55.1 Å². The Bertz CT molecular complexity index is 1330. The highest BCUT2D eigenvalue weighted by Crippen LogP contribution is 2.46. The molecule has 0 spiro atoms. The van der Waals surface area contributed by atoms with Gasteiger partial charge in [-0.25, -0.2) is 9.79 Å². The molecule has 1 unspecified atom stereocenters. The Labute approximate surface area is 233 Å². The number of esters is 1. The molecule has 3 aliphatic rings. The van der Waals surface area contributed by atoms with Crippen molar-refractivity contribution in [3.8, 4) is 11.5 Å². The molecule has 1 fully saturated rings. The molecule has 0 radical (unpaired) electrons. The number of methoxy groups -OCH3 is 2. The second-order valence-electron chi connectivity index (χ2n) is 9.71. The summed E-state index contributed by atoms with van der Waals surface area (Å²) in [5.74, 6) is 1.25. The fourth-order valence-electron chi connectivity index (χ4n) is 4.74. The van der Waals surface area contributed by atoms with E-state index in [0.717, 1.165) is 22.0 Å². The van der Waals surface area contributed by atoms with E-state index in [-0.39, 0.29) is 12.3 Å². The lowest BCUT2D eigenvalue weighted by Gasteiger charge is -2.36. The van der Waals surface area contributed by atoms with E-state index < -0.39 is 12.0 Å². The molecule has 2 aromatic carbocycles. The Morgan fingerprint density at radius 2 is 1.90 bits per heavy atom. The number of carbonyl (C=O) groups excluding carboxylic acids is 2. The van der Waals surface area contributed by atoms with Gasteiger partial charge < -0.3 is 24.4 Å². The van der Waals surface area contributed by atoms with Crippen molar-refractivity contribution in [1.29, 1.82) is 0 Å². The van der Waals surface area contributed by atoms with Gasteiger partial charge in [0.1, 0.15) is 6.61 Å². The van der Waals surface area contributed by atoms with Gasteiger partial charge in [-0.2, -0.15) is 0 Å². The number of nitrogens with zero attached hydrogens (tertiary/aromatic N) is 2. The number of nitrogens with one attached hydrogen (secondary N) is 1. The highest BCUT2D eigenvalue weighted by atomic mass is 32.2. The number of hydrogen-bond donors (Lipinski definition) is 1. The first-order valence-electron chi connectivity index (χ1n) is 13.2. The van der Waals surface area contributed by atoms with Crippen LogP contribution in [0.4, 0.5) is 0 Å². The maximum absolute atomic E-state index is 13.2. The number of benzene rings is 2. The maximum Gasteiger partial charge on any atom is 0.338 e. The lowest BCUT2D eigenvalue weighted by Crippen LogP contribution is -2.38. The standard InChI is InChI=1S/C30H33N3O5S/c1-4-23-27(29(35)37-3)28(33-22(18-39-30(33)32-23)15-26(34)31-16-19-10-11-19)21-12-13-24(25(14-21)36-2)38-17-20-8-6-5-7-9-20/h5-9,12-14,18-19,28H,4,10-11,15-17H2,1-3H3,(H,31,34). The predicted molar refractivity (Wildman–Crippen MR) is 151 cm³/mol. The van der Waals surface area contributed by atoms with Crippen LogP contribution in [0.2, 0.25) is 0 Å². The van der Waals surface area contributed by atoms with Crippen LogP contribution in [0.1, 0.15) is 49.8 Å². The topological polar surface area (TPSA) is 89.5 Å². The van der Waals surface area contributed by atoms with Gasteiger partial charge >= 0.3 is 5.97 Å². The predicted octanol–water partition coefficient (Wildman–Crippen LogP) is 5.33. The van der Waals surface area contributed by atoms with Crippen molar-refractivity contribution in [3.05, 3.63) is 82.0 Å². The number of aliphatic imine (C=N–C) groups is 1. The molecule has 39 heavy (non-hydrogen) atoms.